The molecule has 1 amide bonds. The van der Waals surface area contributed by atoms with Crippen molar-refractivity contribution in [1.82, 2.24) is 10.3 Å². The molecule has 6 heteroatoms. The summed E-state index contributed by atoms with van der Waals surface area (Å²) in [5.74, 6) is -0.648. The predicted octanol–water partition coefficient (Wildman–Crippen LogP) is 1.27. The van der Waals surface area contributed by atoms with Gasteiger partial charge in [0.15, 0.2) is 0 Å². The number of rotatable bonds is 9. The molecular formula is C16H23N3O3. The maximum atomic E-state index is 11.9. The minimum absolute atomic E-state index is 0.194. The van der Waals surface area contributed by atoms with Crippen LogP contribution in [0, 0.1) is 0 Å². The molecule has 0 saturated heterocycles. The van der Waals surface area contributed by atoms with Crippen LogP contribution < -0.4 is 11.1 Å². The van der Waals surface area contributed by atoms with E-state index in [-0.39, 0.29) is 12.3 Å². The van der Waals surface area contributed by atoms with E-state index in [4.69, 9.17) is 10.5 Å². The molecule has 120 valence electrons. The lowest BCUT2D eigenvalue weighted by Gasteiger charge is -2.15. The van der Waals surface area contributed by atoms with Crippen molar-refractivity contribution in [2.24, 2.45) is 5.73 Å². The van der Waals surface area contributed by atoms with Gasteiger partial charge in [-0.15, -0.1) is 0 Å². The molecule has 0 aliphatic rings. The molecule has 6 nitrogen and oxygen atoms in total. The van der Waals surface area contributed by atoms with E-state index in [1.807, 2.05) is 18.2 Å². The summed E-state index contributed by atoms with van der Waals surface area (Å²) in [6.07, 6.45) is 9.24. The SMILES string of the molecule is COC(=O)[C@H](CCCCN)NC(=O)C/C=C/c1cccnc1. The molecule has 3 N–H and O–H groups in total. The highest BCUT2D eigenvalue weighted by molar-refractivity contribution is 5.85. The van der Waals surface area contributed by atoms with Crippen LogP contribution >= 0.6 is 0 Å². The highest BCUT2D eigenvalue weighted by Crippen LogP contribution is 2.04. The first-order valence-electron chi connectivity index (χ1n) is 7.31. The van der Waals surface area contributed by atoms with Crippen molar-refractivity contribution in [3.8, 4) is 0 Å². The number of nitrogens with one attached hydrogen (secondary N) is 1. The summed E-state index contributed by atoms with van der Waals surface area (Å²) in [4.78, 5) is 27.5. The van der Waals surface area contributed by atoms with E-state index in [1.165, 1.54) is 7.11 Å². The Morgan fingerprint density at radius 1 is 1.45 bits per heavy atom. The van der Waals surface area contributed by atoms with Gasteiger partial charge in [0.25, 0.3) is 0 Å². The largest absolute Gasteiger partial charge is 0.467 e. The van der Waals surface area contributed by atoms with Crippen LogP contribution in [0.3, 0.4) is 0 Å². The number of esters is 1. The third kappa shape index (κ3) is 6.99. The molecule has 1 aromatic rings. The highest BCUT2D eigenvalue weighted by Gasteiger charge is 2.20. The average Bonchev–Trinajstić information content (AvgIpc) is 2.54. The molecule has 0 aromatic carbocycles. The molecule has 1 rings (SSSR count). The van der Waals surface area contributed by atoms with Crippen molar-refractivity contribution in [2.75, 3.05) is 13.7 Å². The molecular weight excluding hydrogens is 282 g/mol. The predicted molar refractivity (Wildman–Crippen MR) is 84.7 cm³/mol. The molecule has 0 bridgehead atoms. The molecule has 1 atom stereocenters. The summed E-state index contributed by atoms with van der Waals surface area (Å²) in [6, 6.07) is 3.10. The summed E-state index contributed by atoms with van der Waals surface area (Å²) >= 11 is 0. The van der Waals surface area contributed by atoms with E-state index in [2.05, 4.69) is 10.3 Å². The summed E-state index contributed by atoms with van der Waals surface area (Å²) in [6.45, 7) is 0.565. The van der Waals surface area contributed by atoms with E-state index in [9.17, 15) is 9.59 Å². The van der Waals surface area contributed by atoms with Gasteiger partial charge in [-0.3, -0.25) is 9.78 Å². The summed E-state index contributed by atoms with van der Waals surface area (Å²) in [7, 11) is 1.31. The van der Waals surface area contributed by atoms with Crippen molar-refractivity contribution < 1.29 is 14.3 Å². The van der Waals surface area contributed by atoms with Crippen molar-refractivity contribution in [3.63, 3.8) is 0 Å². The second kappa shape index (κ2) is 10.5. The Morgan fingerprint density at radius 3 is 2.91 bits per heavy atom. The molecule has 1 heterocycles. The van der Waals surface area contributed by atoms with E-state index < -0.39 is 12.0 Å². The summed E-state index contributed by atoms with van der Waals surface area (Å²) in [5, 5.41) is 2.69. The van der Waals surface area contributed by atoms with Crippen LogP contribution in [0.5, 0.6) is 0 Å². The van der Waals surface area contributed by atoms with Crippen LogP contribution in [0.4, 0.5) is 0 Å². The number of nitrogens with two attached hydrogens (primary N) is 1. The first-order valence-corrected chi connectivity index (χ1v) is 7.31. The van der Waals surface area contributed by atoms with E-state index in [0.717, 1.165) is 18.4 Å². The van der Waals surface area contributed by atoms with E-state index >= 15 is 0 Å². The lowest BCUT2D eigenvalue weighted by Crippen LogP contribution is -2.41. The number of pyridine rings is 1. The zero-order chi connectivity index (χ0) is 16.2. The Morgan fingerprint density at radius 2 is 2.27 bits per heavy atom. The molecule has 0 fully saturated rings. The van der Waals surface area contributed by atoms with Gasteiger partial charge in [0.1, 0.15) is 6.04 Å². The number of amides is 1. The van der Waals surface area contributed by atoms with Crippen LogP contribution in [-0.4, -0.2) is 36.6 Å². The molecule has 0 aliphatic carbocycles. The van der Waals surface area contributed by atoms with Crippen LogP contribution in [0.25, 0.3) is 6.08 Å². The Hall–Kier alpha value is -2.21. The van der Waals surface area contributed by atoms with Crippen molar-refractivity contribution in [2.45, 2.75) is 31.7 Å². The van der Waals surface area contributed by atoms with Gasteiger partial charge in [0.05, 0.1) is 7.11 Å². The number of aromatic nitrogens is 1. The van der Waals surface area contributed by atoms with Gasteiger partial charge in [-0.1, -0.05) is 18.2 Å². The third-order valence-electron chi connectivity index (χ3n) is 3.07. The molecule has 0 radical (unpaired) electrons. The quantitative estimate of drug-likeness (QED) is 0.529. The minimum Gasteiger partial charge on any atom is -0.467 e. The Bertz CT molecular complexity index is 489. The van der Waals surface area contributed by atoms with Crippen LogP contribution in [0.2, 0.25) is 0 Å². The molecule has 1 aromatic heterocycles. The third-order valence-corrected chi connectivity index (χ3v) is 3.07. The normalized spacial score (nSPS) is 12.1. The molecule has 0 saturated carbocycles. The lowest BCUT2D eigenvalue weighted by molar-refractivity contribution is -0.145. The fraction of sp³-hybridized carbons (Fsp3) is 0.438. The molecule has 0 aliphatic heterocycles. The zero-order valence-corrected chi connectivity index (χ0v) is 12.8. The molecule has 0 spiro atoms. The standard InChI is InChI=1S/C16H23N3O3/c1-22-16(21)14(8-2-3-10-17)19-15(20)9-4-6-13-7-5-11-18-12-13/h4-7,11-12,14H,2-3,8-10,17H2,1H3,(H,19,20)/b6-4+/t14-/m0/s1. The fourth-order valence-electron chi connectivity index (χ4n) is 1.91. The van der Waals surface area contributed by atoms with Gasteiger partial charge >= 0.3 is 5.97 Å². The number of carbonyl (C=O) groups is 2. The smallest absolute Gasteiger partial charge is 0.328 e. The van der Waals surface area contributed by atoms with Crippen LogP contribution in [-0.2, 0) is 14.3 Å². The van der Waals surface area contributed by atoms with Gasteiger partial charge in [0.2, 0.25) is 5.91 Å². The maximum absolute atomic E-state index is 11.9. The van der Waals surface area contributed by atoms with Crippen molar-refractivity contribution >= 4 is 18.0 Å². The van der Waals surface area contributed by atoms with E-state index in [1.54, 1.807) is 18.5 Å². The Labute approximate surface area is 130 Å². The number of methoxy groups -OCH3 is 1. The number of nitrogens with zero attached hydrogens (tertiary/aromatic N) is 1. The monoisotopic (exact) mass is 305 g/mol. The Balaban J connectivity index is 2.45. The number of carbonyl (C=O) groups excluding carboxylic acids is 2. The highest BCUT2D eigenvalue weighted by atomic mass is 16.5. The first-order chi connectivity index (χ1) is 10.7. The number of hydrogen-bond donors (Lipinski definition) is 2. The summed E-state index contributed by atoms with van der Waals surface area (Å²) in [5.41, 5.74) is 6.35. The van der Waals surface area contributed by atoms with Crippen LogP contribution in [0.15, 0.2) is 30.6 Å². The van der Waals surface area contributed by atoms with Crippen LogP contribution in [0.1, 0.15) is 31.2 Å². The van der Waals surface area contributed by atoms with Crippen molar-refractivity contribution in [1.29, 1.82) is 0 Å². The number of unbranched alkanes of at least 4 members (excludes halogenated alkanes) is 1. The number of hydrogen-bond acceptors (Lipinski definition) is 5. The topological polar surface area (TPSA) is 94.3 Å². The van der Waals surface area contributed by atoms with Gasteiger partial charge in [-0.2, -0.15) is 0 Å². The first kappa shape index (κ1) is 17.8. The number of ether oxygens (including phenoxy) is 1. The van der Waals surface area contributed by atoms with Crippen molar-refractivity contribution in [3.05, 3.63) is 36.2 Å². The van der Waals surface area contributed by atoms with E-state index in [0.29, 0.717) is 13.0 Å². The van der Waals surface area contributed by atoms with Gasteiger partial charge in [0, 0.05) is 18.8 Å². The second-order valence-electron chi connectivity index (χ2n) is 4.82. The van der Waals surface area contributed by atoms with Gasteiger partial charge in [-0.25, -0.2) is 4.79 Å². The second-order valence-corrected chi connectivity index (χ2v) is 4.82. The summed E-state index contributed by atoms with van der Waals surface area (Å²) < 4.78 is 4.71. The average molecular weight is 305 g/mol. The zero-order valence-electron chi connectivity index (χ0n) is 12.8. The molecule has 0 unspecified atom stereocenters. The van der Waals surface area contributed by atoms with Gasteiger partial charge in [-0.05, 0) is 37.4 Å². The fourth-order valence-corrected chi connectivity index (χ4v) is 1.91. The minimum atomic E-state index is -0.615. The molecule has 22 heavy (non-hydrogen) atoms. The maximum Gasteiger partial charge on any atom is 0.328 e. The lowest BCUT2D eigenvalue weighted by atomic mass is 10.1. The Kier molecular flexibility index (Phi) is 8.52. The van der Waals surface area contributed by atoms with Gasteiger partial charge < -0.3 is 15.8 Å².